The average molecular weight is 223 g/mol. The van der Waals surface area contributed by atoms with Gasteiger partial charge >= 0.3 is 0 Å². The van der Waals surface area contributed by atoms with Crippen LogP contribution in [-0.4, -0.2) is 15.2 Å². The van der Waals surface area contributed by atoms with Gasteiger partial charge in [-0.2, -0.15) is 4.98 Å². The Balaban J connectivity index is 2.54. The molecule has 0 aliphatic rings. The summed E-state index contributed by atoms with van der Waals surface area (Å²) in [7, 11) is 0. The molecule has 0 atom stereocenters. The number of halogens is 1. The molecule has 0 saturated carbocycles. The Bertz CT molecular complexity index is 525. The Morgan fingerprint density at radius 3 is 2.88 bits per heavy atom. The maximum Gasteiger partial charge on any atom is 0.240 e. The predicted octanol–water partition coefficient (Wildman–Crippen LogP) is 1.35. The van der Waals surface area contributed by atoms with Crippen molar-refractivity contribution in [3.63, 3.8) is 0 Å². The molecular weight excluding hydrogens is 213 g/mol. The molecule has 3 N–H and O–H groups in total. The molecule has 0 bridgehead atoms. The minimum absolute atomic E-state index is 0.0481. The van der Waals surface area contributed by atoms with Gasteiger partial charge in [0.15, 0.2) is 0 Å². The SMILES string of the molecule is Cc1cc(O)cc(-c2noc(CN)n2)c1F. The lowest BCUT2D eigenvalue weighted by molar-refractivity contribution is 0.380. The first-order valence-electron chi connectivity index (χ1n) is 4.64. The molecule has 0 fully saturated rings. The van der Waals surface area contributed by atoms with E-state index >= 15 is 0 Å². The Morgan fingerprint density at radius 2 is 2.25 bits per heavy atom. The highest BCUT2D eigenvalue weighted by molar-refractivity contribution is 5.59. The molecule has 16 heavy (non-hydrogen) atoms. The van der Waals surface area contributed by atoms with Crippen LogP contribution in [0, 0.1) is 12.7 Å². The van der Waals surface area contributed by atoms with E-state index in [1.54, 1.807) is 6.92 Å². The number of aryl methyl sites for hydroxylation is 1. The number of aromatic hydroxyl groups is 1. The van der Waals surface area contributed by atoms with Gasteiger partial charge in [0.25, 0.3) is 0 Å². The highest BCUT2D eigenvalue weighted by Gasteiger charge is 2.15. The van der Waals surface area contributed by atoms with Gasteiger partial charge in [0.2, 0.25) is 11.7 Å². The number of hydrogen-bond acceptors (Lipinski definition) is 5. The molecule has 1 aromatic carbocycles. The topological polar surface area (TPSA) is 85.2 Å². The number of nitrogens with two attached hydrogens (primary N) is 1. The minimum Gasteiger partial charge on any atom is -0.508 e. The molecule has 1 heterocycles. The highest BCUT2D eigenvalue weighted by atomic mass is 19.1. The molecule has 6 heteroatoms. The van der Waals surface area contributed by atoms with Crippen LogP contribution in [0.5, 0.6) is 5.75 Å². The van der Waals surface area contributed by atoms with Crippen LogP contribution in [0.3, 0.4) is 0 Å². The Kier molecular flexibility index (Phi) is 2.57. The normalized spacial score (nSPS) is 10.7. The number of nitrogens with zero attached hydrogens (tertiary/aromatic N) is 2. The quantitative estimate of drug-likeness (QED) is 0.802. The van der Waals surface area contributed by atoms with Crippen LogP contribution < -0.4 is 5.73 Å². The monoisotopic (exact) mass is 223 g/mol. The molecule has 84 valence electrons. The van der Waals surface area contributed by atoms with Crippen molar-refractivity contribution in [2.24, 2.45) is 5.73 Å². The lowest BCUT2D eigenvalue weighted by Crippen LogP contribution is -1.96. The van der Waals surface area contributed by atoms with Crippen LogP contribution in [0.4, 0.5) is 4.39 Å². The van der Waals surface area contributed by atoms with E-state index in [1.165, 1.54) is 12.1 Å². The van der Waals surface area contributed by atoms with Gasteiger partial charge in [-0.15, -0.1) is 0 Å². The van der Waals surface area contributed by atoms with Gasteiger partial charge < -0.3 is 15.4 Å². The Morgan fingerprint density at radius 1 is 1.50 bits per heavy atom. The molecule has 0 radical (unpaired) electrons. The van der Waals surface area contributed by atoms with Crippen LogP contribution in [0.1, 0.15) is 11.5 Å². The summed E-state index contributed by atoms with van der Waals surface area (Å²) in [5, 5.41) is 12.9. The summed E-state index contributed by atoms with van der Waals surface area (Å²) in [4.78, 5) is 3.89. The maximum atomic E-state index is 13.7. The standard InChI is InChI=1S/C10H10FN3O2/c1-5-2-6(15)3-7(9(5)11)10-13-8(4-12)16-14-10/h2-3,15H,4,12H2,1H3. The second-order valence-electron chi connectivity index (χ2n) is 3.34. The molecule has 0 spiro atoms. The highest BCUT2D eigenvalue weighted by Crippen LogP contribution is 2.27. The summed E-state index contributed by atoms with van der Waals surface area (Å²) in [5.74, 6) is -0.234. The summed E-state index contributed by atoms with van der Waals surface area (Å²) in [6, 6.07) is 2.57. The Hall–Kier alpha value is -1.95. The summed E-state index contributed by atoms with van der Waals surface area (Å²) in [5.41, 5.74) is 5.71. The lowest BCUT2D eigenvalue weighted by Gasteiger charge is -2.02. The molecule has 5 nitrogen and oxygen atoms in total. The van der Waals surface area contributed by atoms with Crippen molar-refractivity contribution < 1.29 is 14.0 Å². The van der Waals surface area contributed by atoms with Gasteiger partial charge in [-0.1, -0.05) is 5.16 Å². The third-order valence-corrected chi connectivity index (χ3v) is 2.12. The number of aromatic nitrogens is 2. The average Bonchev–Trinajstić information content (AvgIpc) is 2.71. The zero-order valence-corrected chi connectivity index (χ0v) is 8.57. The van der Waals surface area contributed by atoms with E-state index in [-0.39, 0.29) is 29.6 Å². The van der Waals surface area contributed by atoms with E-state index in [4.69, 9.17) is 10.3 Å². The second kappa shape index (κ2) is 3.90. The predicted molar refractivity (Wildman–Crippen MR) is 54.0 cm³/mol. The number of hydrogen-bond donors (Lipinski definition) is 2. The van der Waals surface area contributed by atoms with Crippen molar-refractivity contribution in [1.29, 1.82) is 0 Å². The zero-order valence-electron chi connectivity index (χ0n) is 8.57. The summed E-state index contributed by atoms with van der Waals surface area (Å²) in [6.07, 6.45) is 0. The third-order valence-electron chi connectivity index (χ3n) is 2.12. The van der Waals surface area contributed by atoms with Gasteiger partial charge in [-0.25, -0.2) is 4.39 Å². The molecule has 0 amide bonds. The van der Waals surface area contributed by atoms with Crippen LogP contribution in [0.2, 0.25) is 0 Å². The van der Waals surface area contributed by atoms with Crippen molar-refractivity contribution >= 4 is 0 Å². The molecule has 0 saturated heterocycles. The maximum absolute atomic E-state index is 13.7. The van der Waals surface area contributed by atoms with E-state index in [1.807, 2.05) is 0 Å². The van der Waals surface area contributed by atoms with Crippen molar-refractivity contribution in [1.82, 2.24) is 10.1 Å². The lowest BCUT2D eigenvalue weighted by atomic mass is 10.1. The smallest absolute Gasteiger partial charge is 0.240 e. The fraction of sp³-hybridized carbons (Fsp3) is 0.200. The molecule has 2 rings (SSSR count). The van der Waals surface area contributed by atoms with Crippen molar-refractivity contribution in [3.8, 4) is 17.1 Å². The number of rotatable bonds is 2. The number of phenols is 1. The van der Waals surface area contributed by atoms with Crippen molar-refractivity contribution in [3.05, 3.63) is 29.4 Å². The van der Waals surface area contributed by atoms with Gasteiger partial charge in [-0.05, 0) is 24.6 Å². The largest absolute Gasteiger partial charge is 0.508 e. The third kappa shape index (κ3) is 1.74. The van der Waals surface area contributed by atoms with E-state index in [0.717, 1.165) is 0 Å². The minimum atomic E-state index is -0.484. The Labute approximate surface area is 90.7 Å². The molecule has 2 aromatic rings. The van der Waals surface area contributed by atoms with E-state index in [0.29, 0.717) is 5.56 Å². The molecule has 0 aliphatic heterocycles. The van der Waals surface area contributed by atoms with Crippen LogP contribution in [-0.2, 0) is 6.54 Å². The summed E-state index contributed by atoms with van der Waals surface area (Å²) < 4.78 is 18.5. The summed E-state index contributed by atoms with van der Waals surface area (Å²) >= 11 is 0. The first kappa shape index (κ1) is 10.6. The molecule has 0 unspecified atom stereocenters. The van der Waals surface area contributed by atoms with E-state index in [2.05, 4.69) is 10.1 Å². The van der Waals surface area contributed by atoms with Gasteiger partial charge in [0, 0.05) is 0 Å². The number of benzene rings is 1. The van der Waals surface area contributed by atoms with E-state index < -0.39 is 5.82 Å². The fourth-order valence-electron chi connectivity index (χ4n) is 1.36. The second-order valence-corrected chi connectivity index (χ2v) is 3.34. The van der Waals surface area contributed by atoms with Crippen LogP contribution in [0.15, 0.2) is 16.7 Å². The summed E-state index contributed by atoms with van der Waals surface area (Å²) in [6.45, 7) is 1.63. The number of phenolic OH excluding ortho intramolecular Hbond substituents is 1. The molecule has 1 aromatic heterocycles. The van der Waals surface area contributed by atoms with Crippen LogP contribution >= 0.6 is 0 Å². The van der Waals surface area contributed by atoms with Crippen LogP contribution in [0.25, 0.3) is 11.4 Å². The van der Waals surface area contributed by atoms with Crippen molar-refractivity contribution in [2.75, 3.05) is 0 Å². The molecular formula is C10H10FN3O2. The van der Waals surface area contributed by atoms with Gasteiger partial charge in [0.05, 0.1) is 12.1 Å². The first-order valence-corrected chi connectivity index (χ1v) is 4.64. The van der Waals surface area contributed by atoms with E-state index in [9.17, 15) is 9.50 Å². The van der Waals surface area contributed by atoms with Crippen molar-refractivity contribution in [2.45, 2.75) is 13.5 Å². The molecule has 0 aliphatic carbocycles. The van der Waals surface area contributed by atoms with Gasteiger partial charge in [-0.3, -0.25) is 0 Å². The fourth-order valence-corrected chi connectivity index (χ4v) is 1.36. The first-order chi connectivity index (χ1) is 7.61. The van der Waals surface area contributed by atoms with Gasteiger partial charge in [0.1, 0.15) is 11.6 Å². The zero-order chi connectivity index (χ0) is 11.7.